The Bertz CT molecular complexity index is 1670. The molecule has 0 fully saturated rings. The minimum atomic E-state index is -4.23. The number of carbonyl (C=O) groups excluding carboxylic acids is 2. The molecule has 8 nitrogen and oxygen atoms in total. The van der Waals surface area contributed by atoms with Gasteiger partial charge >= 0.3 is 0 Å². The average molecular weight is 679 g/mol. The third-order valence-corrected chi connectivity index (χ3v) is 9.52. The molecule has 4 aromatic carbocycles. The number of nitrogens with zero attached hydrogens (tertiary/aromatic N) is 2. The van der Waals surface area contributed by atoms with Gasteiger partial charge in [0.25, 0.3) is 10.0 Å². The van der Waals surface area contributed by atoms with Crippen molar-refractivity contribution < 1.29 is 22.7 Å². The maximum atomic E-state index is 14.4. The fourth-order valence-corrected chi connectivity index (χ4v) is 6.93. The second kappa shape index (κ2) is 15.0. The van der Waals surface area contributed by atoms with Crippen LogP contribution in [0.4, 0.5) is 5.69 Å². The molecule has 0 saturated heterocycles. The average Bonchev–Trinajstić information content (AvgIpc) is 3.03. The molecule has 0 spiro atoms. The molecule has 0 bridgehead atoms. The largest absolute Gasteiger partial charge is 0.496 e. The maximum Gasteiger partial charge on any atom is 0.264 e. The molecule has 0 aliphatic heterocycles. The fourth-order valence-electron chi connectivity index (χ4n) is 4.80. The van der Waals surface area contributed by atoms with E-state index in [1.54, 1.807) is 30.3 Å². The third kappa shape index (κ3) is 8.06. The molecule has 1 unspecified atom stereocenters. The summed E-state index contributed by atoms with van der Waals surface area (Å²) in [5, 5.41) is 2.87. The molecule has 0 aliphatic carbocycles. The van der Waals surface area contributed by atoms with Gasteiger partial charge < -0.3 is 15.0 Å². The summed E-state index contributed by atoms with van der Waals surface area (Å²) >= 11 is 3.38. The third-order valence-electron chi connectivity index (χ3n) is 7.13. The van der Waals surface area contributed by atoms with Gasteiger partial charge in [0.15, 0.2) is 0 Å². The van der Waals surface area contributed by atoms with Crippen molar-refractivity contribution in [3.63, 3.8) is 0 Å². The number of amides is 2. The van der Waals surface area contributed by atoms with E-state index in [4.69, 9.17) is 4.74 Å². The molecule has 4 aromatic rings. The number of likely N-dealkylation sites (N-methyl/N-ethyl adjacent to an activating group) is 1. The first-order valence-corrected chi connectivity index (χ1v) is 16.4. The molecule has 0 aliphatic rings. The lowest BCUT2D eigenvalue weighted by Gasteiger charge is -2.34. The van der Waals surface area contributed by atoms with Gasteiger partial charge in [-0.3, -0.25) is 13.9 Å². The zero-order valence-electron chi connectivity index (χ0n) is 24.9. The van der Waals surface area contributed by atoms with Crippen LogP contribution in [0.15, 0.2) is 112 Å². The molecule has 0 saturated carbocycles. The van der Waals surface area contributed by atoms with E-state index in [2.05, 4.69) is 21.2 Å². The van der Waals surface area contributed by atoms with Crippen LogP contribution in [0.3, 0.4) is 0 Å². The second-order valence-corrected chi connectivity index (χ2v) is 13.0. The number of ether oxygens (including phenoxy) is 1. The Labute approximate surface area is 267 Å². The first-order valence-electron chi connectivity index (χ1n) is 14.2. The van der Waals surface area contributed by atoms with Crippen LogP contribution in [-0.4, -0.2) is 51.4 Å². The standard InChI is InChI=1S/C34H36BrN3O5S/c1-4-36-34(40)31(21-26-11-7-5-8-12-26)37(23-27-13-9-6-10-14-27)33(39)24-38(28-17-15-25(2)16-18-28)44(41,42)29-19-20-32(43-3)30(35)22-29/h5-20,22,31H,4,21,23-24H2,1-3H3,(H,36,40). The van der Waals surface area contributed by atoms with Crippen LogP contribution in [0.2, 0.25) is 0 Å². The van der Waals surface area contributed by atoms with Gasteiger partial charge in [-0.15, -0.1) is 0 Å². The normalized spacial score (nSPS) is 11.8. The van der Waals surface area contributed by atoms with E-state index in [1.807, 2.05) is 74.5 Å². The van der Waals surface area contributed by atoms with Gasteiger partial charge in [-0.05, 0) is 71.2 Å². The highest BCUT2D eigenvalue weighted by Crippen LogP contribution is 2.31. The number of hydrogen-bond donors (Lipinski definition) is 1. The monoisotopic (exact) mass is 677 g/mol. The Morgan fingerprint density at radius 2 is 1.50 bits per heavy atom. The zero-order chi connectivity index (χ0) is 31.7. The summed E-state index contributed by atoms with van der Waals surface area (Å²) in [7, 11) is -2.74. The highest BCUT2D eigenvalue weighted by atomic mass is 79.9. The lowest BCUT2D eigenvalue weighted by molar-refractivity contribution is -0.140. The van der Waals surface area contributed by atoms with E-state index in [9.17, 15) is 18.0 Å². The molecule has 44 heavy (non-hydrogen) atoms. The number of methoxy groups -OCH3 is 1. The first kappa shape index (κ1) is 32.8. The van der Waals surface area contributed by atoms with Gasteiger partial charge in [-0.25, -0.2) is 8.42 Å². The van der Waals surface area contributed by atoms with Crippen molar-refractivity contribution in [3.8, 4) is 5.75 Å². The van der Waals surface area contributed by atoms with Crippen LogP contribution in [0.25, 0.3) is 0 Å². The van der Waals surface area contributed by atoms with Gasteiger partial charge in [0.1, 0.15) is 18.3 Å². The van der Waals surface area contributed by atoms with E-state index in [0.29, 0.717) is 22.5 Å². The van der Waals surface area contributed by atoms with Crippen molar-refractivity contribution >= 4 is 43.5 Å². The number of rotatable bonds is 13. The topological polar surface area (TPSA) is 96.0 Å². The van der Waals surface area contributed by atoms with E-state index < -0.39 is 28.5 Å². The molecule has 230 valence electrons. The van der Waals surface area contributed by atoms with E-state index in [-0.39, 0.29) is 23.8 Å². The van der Waals surface area contributed by atoms with E-state index in [1.165, 1.54) is 24.1 Å². The summed E-state index contributed by atoms with van der Waals surface area (Å²) in [5.74, 6) is -0.358. The highest BCUT2D eigenvalue weighted by Gasteiger charge is 2.34. The Morgan fingerprint density at radius 3 is 2.07 bits per heavy atom. The summed E-state index contributed by atoms with van der Waals surface area (Å²) in [4.78, 5) is 29.4. The van der Waals surface area contributed by atoms with E-state index in [0.717, 1.165) is 21.0 Å². The van der Waals surface area contributed by atoms with Crippen LogP contribution < -0.4 is 14.4 Å². The Hall–Kier alpha value is -4.15. The number of anilines is 1. The molecule has 1 atom stereocenters. The summed E-state index contributed by atoms with van der Waals surface area (Å²) in [5.41, 5.74) is 2.95. The van der Waals surface area contributed by atoms with Crippen molar-refractivity contribution in [1.82, 2.24) is 10.2 Å². The van der Waals surface area contributed by atoms with Crippen molar-refractivity contribution in [2.75, 3.05) is 24.5 Å². The number of halogens is 1. The predicted molar refractivity (Wildman–Crippen MR) is 176 cm³/mol. The number of hydrogen-bond acceptors (Lipinski definition) is 5. The first-order chi connectivity index (χ1) is 21.1. The smallest absolute Gasteiger partial charge is 0.264 e. The summed E-state index contributed by atoms with van der Waals surface area (Å²) < 4.78 is 35.2. The molecule has 1 N–H and O–H groups in total. The van der Waals surface area contributed by atoms with Crippen LogP contribution in [0.1, 0.15) is 23.6 Å². The summed E-state index contributed by atoms with van der Waals surface area (Å²) in [6.07, 6.45) is 0.258. The summed E-state index contributed by atoms with van der Waals surface area (Å²) in [6, 6.07) is 29.3. The van der Waals surface area contributed by atoms with Crippen molar-refractivity contribution in [2.24, 2.45) is 0 Å². The van der Waals surface area contributed by atoms with Gasteiger partial charge in [0, 0.05) is 19.5 Å². The Kier molecular flexibility index (Phi) is 11.2. The number of sulfonamides is 1. The lowest BCUT2D eigenvalue weighted by Crippen LogP contribution is -2.53. The number of carbonyl (C=O) groups is 2. The van der Waals surface area contributed by atoms with E-state index >= 15 is 0 Å². The van der Waals surface area contributed by atoms with Gasteiger partial charge in [-0.1, -0.05) is 78.4 Å². The molecule has 2 amide bonds. The fraction of sp³-hybridized carbons (Fsp3) is 0.235. The minimum absolute atomic E-state index is 0.0160. The number of benzene rings is 4. The van der Waals surface area contributed by atoms with Crippen LogP contribution in [0.5, 0.6) is 5.75 Å². The van der Waals surface area contributed by atoms with Crippen LogP contribution in [-0.2, 0) is 32.6 Å². The number of aryl methyl sites for hydroxylation is 1. The van der Waals surface area contributed by atoms with Gasteiger partial charge in [-0.2, -0.15) is 0 Å². The van der Waals surface area contributed by atoms with Crippen molar-refractivity contribution in [3.05, 3.63) is 124 Å². The summed E-state index contributed by atoms with van der Waals surface area (Å²) in [6.45, 7) is 3.69. The molecule has 0 radical (unpaired) electrons. The molecule has 0 aromatic heterocycles. The molecule has 10 heteroatoms. The Balaban J connectivity index is 1.79. The molecule has 4 rings (SSSR count). The van der Waals surface area contributed by atoms with Crippen LogP contribution >= 0.6 is 15.9 Å². The van der Waals surface area contributed by atoms with Crippen molar-refractivity contribution in [2.45, 2.75) is 37.8 Å². The SMILES string of the molecule is CCNC(=O)C(Cc1ccccc1)N(Cc1ccccc1)C(=O)CN(c1ccc(C)cc1)S(=O)(=O)c1ccc(OC)c(Br)c1. The zero-order valence-corrected chi connectivity index (χ0v) is 27.3. The molecule has 0 heterocycles. The Morgan fingerprint density at radius 1 is 0.886 bits per heavy atom. The molecular formula is C34H36BrN3O5S. The van der Waals surface area contributed by atoms with Crippen LogP contribution in [0, 0.1) is 6.92 Å². The van der Waals surface area contributed by atoms with Gasteiger partial charge in [0.05, 0.1) is 22.2 Å². The minimum Gasteiger partial charge on any atom is -0.496 e. The maximum absolute atomic E-state index is 14.4. The second-order valence-electron chi connectivity index (χ2n) is 10.3. The number of nitrogens with one attached hydrogen (secondary N) is 1. The highest BCUT2D eigenvalue weighted by molar-refractivity contribution is 9.10. The lowest BCUT2D eigenvalue weighted by atomic mass is 10.0. The van der Waals surface area contributed by atoms with Gasteiger partial charge in [0.2, 0.25) is 11.8 Å². The quantitative estimate of drug-likeness (QED) is 0.195. The van der Waals surface area contributed by atoms with Crippen molar-refractivity contribution in [1.29, 1.82) is 0 Å². The molecular weight excluding hydrogens is 642 g/mol. The predicted octanol–water partition coefficient (Wildman–Crippen LogP) is 5.74.